The Hall–Kier alpha value is -0.740. The van der Waals surface area contributed by atoms with Crippen LogP contribution in [-0.4, -0.2) is 22.5 Å². The average Bonchev–Trinajstić information content (AvgIpc) is 2.16. The number of rotatable bonds is 4. The van der Waals surface area contributed by atoms with Crippen LogP contribution < -0.4 is 5.73 Å². The number of nitrogens with two attached hydrogens (primary N) is 1. The first-order valence-corrected chi connectivity index (χ1v) is 5.16. The van der Waals surface area contributed by atoms with Crippen LogP contribution in [0.15, 0.2) is 23.4 Å². The van der Waals surface area contributed by atoms with Gasteiger partial charge in [0.2, 0.25) is 0 Å². The third-order valence-electron chi connectivity index (χ3n) is 1.59. The number of aliphatic hydroxyl groups excluding tert-OH is 1. The van der Waals surface area contributed by atoms with Gasteiger partial charge in [0.05, 0.1) is 16.9 Å². The summed E-state index contributed by atoms with van der Waals surface area (Å²) in [4.78, 5) is 4.14. The van der Waals surface area contributed by atoms with Crippen molar-refractivity contribution >= 4 is 17.4 Å². The van der Waals surface area contributed by atoms with Crippen molar-refractivity contribution < 1.29 is 5.11 Å². The largest absolute Gasteiger partial charge is 0.397 e. The molecule has 1 atom stereocenters. The second kappa shape index (κ2) is 5.09. The molecule has 0 fully saturated rings. The lowest BCUT2D eigenvalue weighted by molar-refractivity contribution is 0.250. The second-order valence-electron chi connectivity index (χ2n) is 3.03. The maximum atomic E-state index is 8.80. The molecule has 1 heterocycles. The fourth-order valence-electron chi connectivity index (χ4n) is 0.757. The average molecular weight is 198 g/mol. The molecule has 0 amide bonds. The van der Waals surface area contributed by atoms with Crippen LogP contribution in [0.1, 0.15) is 6.92 Å². The van der Waals surface area contributed by atoms with E-state index in [0.29, 0.717) is 11.6 Å². The van der Waals surface area contributed by atoms with E-state index < -0.39 is 0 Å². The summed E-state index contributed by atoms with van der Waals surface area (Å²) in [7, 11) is 0. The van der Waals surface area contributed by atoms with Gasteiger partial charge < -0.3 is 10.8 Å². The number of hydrogen-bond acceptors (Lipinski definition) is 4. The Labute approximate surface area is 82.4 Å². The van der Waals surface area contributed by atoms with E-state index in [9.17, 15) is 0 Å². The number of aromatic nitrogens is 1. The highest BCUT2D eigenvalue weighted by Gasteiger charge is 2.01. The van der Waals surface area contributed by atoms with Crippen LogP contribution in [-0.2, 0) is 0 Å². The van der Waals surface area contributed by atoms with E-state index in [4.69, 9.17) is 10.8 Å². The minimum Gasteiger partial charge on any atom is -0.397 e. The molecule has 0 saturated heterocycles. The van der Waals surface area contributed by atoms with E-state index in [-0.39, 0.29) is 6.61 Å². The summed E-state index contributed by atoms with van der Waals surface area (Å²) in [5.74, 6) is 1.19. The van der Waals surface area contributed by atoms with Gasteiger partial charge in [-0.05, 0) is 18.1 Å². The quantitative estimate of drug-likeness (QED) is 0.718. The zero-order valence-corrected chi connectivity index (χ0v) is 8.42. The molecule has 0 aliphatic rings. The van der Waals surface area contributed by atoms with Crippen LogP contribution in [0.4, 0.5) is 5.69 Å². The molecule has 0 bridgehead atoms. The molecule has 1 aromatic heterocycles. The lowest BCUT2D eigenvalue weighted by Gasteiger charge is -2.05. The number of nitrogen functional groups attached to an aromatic ring is 1. The van der Waals surface area contributed by atoms with Crippen LogP contribution >= 0.6 is 11.8 Å². The van der Waals surface area contributed by atoms with Crippen LogP contribution in [0, 0.1) is 5.92 Å². The van der Waals surface area contributed by atoms with Crippen LogP contribution in [0.2, 0.25) is 0 Å². The summed E-state index contributed by atoms with van der Waals surface area (Å²) in [5.41, 5.74) is 6.18. The molecule has 3 N–H and O–H groups in total. The number of hydrogen-bond donors (Lipinski definition) is 2. The first-order chi connectivity index (χ1) is 6.22. The van der Waals surface area contributed by atoms with Crippen molar-refractivity contribution in [2.45, 2.75) is 11.9 Å². The van der Waals surface area contributed by atoms with E-state index >= 15 is 0 Å². The van der Waals surface area contributed by atoms with Crippen molar-refractivity contribution in [3.05, 3.63) is 18.3 Å². The van der Waals surface area contributed by atoms with Gasteiger partial charge in [-0.15, -0.1) is 11.8 Å². The molecule has 3 nitrogen and oxygen atoms in total. The Morgan fingerprint density at radius 3 is 2.92 bits per heavy atom. The summed E-state index contributed by atoms with van der Waals surface area (Å²) in [6.45, 7) is 2.23. The van der Waals surface area contributed by atoms with Crippen molar-refractivity contribution in [3.63, 3.8) is 0 Å². The van der Waals surface area contributed by atoms with E-state index in [0.717, 1.165) is 10.8 Å². The van der Waals surface area contributed by atoms with Crippen molar-refractivity contribution in [1.82, 2.24) is 4.98 Å². The molecule has 1 aromatic rings. The summed E-state index contributed by atoms with van der Waals surface area (Å²) in [5, 5.41) is 9.76. The maximum absolute atomic E-state index is 8.80. The fourth-order valence-corrected chi connectivity index (χ4v) is 1.61. The van der Waals surface area contributed by atoms with Crippen molar-refractivity contribution in [2.24, 2.45) is 5.92 Å². The molecule has 0 aliphatic carbocycles. The highest BCUT2D eigenvalue weighted by molar-refractivity contribution is 7.99. The summed E-state index contributed by atoms with van der Waals surface area (Å²) in [6.07, 6.45) is 1.64. The Morgan fingerprint density at radius 2 is 2.38 bits per heavy atom. The van der Waals surface area contributed by atoms with E-state index in [1.165, 1.54) is 0 Å². The summed E-state index contributed by atoms with van der Waals surface area (Å²) in [6, 6.07) is 3.73. The van der Waals surface area contributed by atoms with Crippen molar-refractivity contribution in [1.29, 1.82) is 0 Å². The number of pyridine rings is 1. The van der Waals surface area contributed by atoms with Crippen LogP contribution in [0.25, 0.3) is 0 Å². The molecule has 4 heteroatoms. The van der Waals surface area contributed by atoms with Gasteiger partial charge in [0.25, 0.3) is 0 Å². The van der Waals surface area contributed by atoms with Gasteiger partial charge in [0, 0.05) is 12.4 Å². The lowest BCUT2D eigenvalue weighted by Crippen LogP contribution is -2.03. The first kappa shape index (κ1) is 10.3. The zero-order valence-electron chi connectivity index (χ0n) is 7.60. The SMILES string of the molecule is CC(CO)CSc1ccc(N)cn1. The molecule has 0 radical (unpaired) electrons. The Bertz CT molecular complexity index is 250. The molecule has 0 aliphatic heterocycles. The monoisotopic (exact) mass is 198 g/mol. The maximum Gasteiger partial charge on any atom is 0.0961 e. The van der Waals surface area contributed by atoms with Gasteiger partial charge in [-0.2, -0.15) is 0 Å². The predicted molar refractivity (Wildman–Crippen MR) is 55.6 cm³/mol. The molecule has 0 aromatic carbocycles. The minimum atomic E-state index is 0.224. The lowest BCUT2D eigenvalue weighted by atomic mass is 10.2. The van der Waals surface area contributed by atoms with Gasteiger partial charge in [-0.25, -0.2) is 4.98 Å². The number of thioether (sulfide) groups is 1. The fraction of sp³-hybridized carbons (Fsp3) is 0.444. The molecule has 72 valence electrons. The normalized spacial score (nSPS) is 12.8. The second-order valence-corrected chi connectivity index (χ2v) is 4.07. The molecule has 0 saturated carbocycles. The molecule has 13 heavy (non-hydrogen) atoms. The topological polar surface area (TPSA) is 59.1 Å². The Morgan fingerprint density at radius 1 is 1.62 bits per heavy atom. The van der Waals surface area contributed by atoms with Gasteiger partial charge >= 0.3 is 0 Å². The standard InChI is InChI=1S/C9H14N2OS/c1-7(5-12)6-13-9-3-2-8(10)4-11-9/h2-4,7,12H,5-6,10H2,1H3. The van der Waals surface area contributed by atoms with Gasteiger partial charge in [-0.3, -0.25) is 0 Å². The van der Waals surface area contributed by atoms with Gasteiger partial charge in [0.1, 0.15) is 0 Å². The van der Waals surface area contributed by atoms with Crippen LogP contribution in [0.5, 0.6) is 0 Å². The smallest absolute Gasteiger partial charge is 0.0961 e. The molecular formula is C9H14N2OS. The van der Waals surface area contributed by atoms with Crippen molar-refractivity contribution in [2.75, 3.05) is 18.1 Å². The minimum absolute atomic E-state index is 0.224. The van der Waals surface area contributed by atoms with E-state index in [2.05, 4.69) is 4.98 Å². The third-order valence-corrected chi connectivity index (χ3v) is 2.86. The highest BCUT2D eigenvalue weighted by Crippen LogP contribution is 2.18. The van der Waals surface area contributed by atoms with Crippen molar-refractivity contribution in [3.8, 4) is 0 Å². The van der Waals surface area contributed by atoms with E-state index in [1.807, 2.05) is 19.1 Å². The van der Waals surface area contributed by atoms with Gasteiger partial charge in [-0.1, -0.05) is 6.92 Å². The Kier molecular flexibility index (Phi) is 4.05. The third kappa shape index (κ3) is 3.65. The molecule has 1 rings (SSSR count). The number of aliphatic hydroxyl groups is 1. The van der Waals surface area contributed by atoms with E-state index in [1.54, 1.807) is 18.0 Å². The number of nitrogens with zero attached hydrogens (tertiary/aromatic N) is 1. The highest BCUT2D eigenvalue weighted by atomic mass is 32.2. The summed E-state index contributed by atoms with van der Waals surface area (Å²) >= 11 is 1.64. The zero-order chi connectivity index (χ0) is 9.68. The predicted octanol–water partition coefficient (Wildman–Crippen LogP) is 1.38. The molecular weight excluding hydrogens is 184 g/mol. The first-order valence-electron chi connectivity index (χ1n) is 4.17. The summed E-state index contributed by atoms with van der Waals surface area (Å²) < 4.78 is 0. The number of anilines is 1. The van der Waals surface area contributed by atoms with Gasteiger partial charge in [0.15, 0.2) is 0 Å². The van der Waals surface area contributed by atoms with Crippen LogP contribution in [0.3, 0.4) is 0 Å². The Balaban J connectivity index is 2.41. The molecule has 1 unspecified atom stereocenters. The molecule has 0 spiro atoms.